The van der Waals surface area contributed by atoms with Gasteiger partial charge in [-0.1, -0.05) is 20.8 Å². The molecule has 0 aliphatic carbocycles. The summed E-state index contributed by atoms with van der Waals surface area (Å²) in [6.45, 7) is 10.1. The molecule has 2 bridgehead atoms. The van der Waals surface area contributed by atoms with E-state index in [0.29, 0.717) is 19.1 Å². The first-order valence-electron chi connectivity index (χ1n) is 12.8. The van der Waals surface area contributed by atoms with Crippen molar-refractivity contribution in [2.75, 3.05) is 37.7 Å². The van der Waals surface area contributed by atoms with E-state index in [1.165, 1.54) is 0 Å². The fourth-order valence-corrected chi connectivity index (χ4v) is 7.00. The Bertz CT molecular complexity index is 1260. The first-order chi connectivity index (χ1) is 17.2. The van der Waals surface area contributed by atoms with Gasteiger partial charge in [0.05, 0.1) is 24.3 Å². The van der Waals surface area contributed by atoms with Gasteiger partial charge in [-0.25, -0.2) is 4.98 Å². The van der Waals surface area contributed by atoms with Gasteiger partial charge in [-0.2, -0.15) is 4.98 Å². The van der Waals surface area contributed by atoms with Crippen molar-refractivity contribution in [3.05, 3.63) is 29.3 Å². The van der Waals surface area contributed by atoms with Gasteiger partial charge in [-0.15, -0.1) is 11.3 Å². The lowest BCUT2D eigenvalue weighted by atomic mass is 9.71. The largest absolute Gasteiger partial charge is 0.530 e. The molecule has 9 nitrogen and oxygen atoms in total. The van der Waals surface area contributed by atoms with Crippen LogP contribution in [0.25, 0.3) is 21.7 Å². The number of morpholine rings is 1. The van der Waals surface area contributed by atoms with Crippen LogP contribution in [0.3, 0.4) is 0 Å². The third-order valence-corrected chi connectivity index (χ3v) is 9.04. The van der Waals surface area contributed by atoms with Gasteiger partial charge < -0.3 is 34.2 Å². The summed E-state index contributed by atoms with van der Waals surface area (Å²) >= 11 is 1.58. The lowest BCUT2D eigenvalue weighted by molar-refractivity contribution is -0.677. The van der Waals surface area contributed by atoms with Crippen LogP contribution in [0.4, 0.5) is 10.8 Å². The Morgan fingerprint density at radius 3 is 2.92 bits per heavy atom. The van der Waals surface area contributed by atoms with Crippen LogP contribution in [0.1, 0.15) is 39.2 Å². The Morgan fingerprint density at radius 2 is 2.22 bits per heavy atom. The summed E-state index contributed by atoms with van der Waals surface area (Å²) in [7, 11) is 0. The van der Waals surface area contributed by atoms with Gasteiger partial charge in [0.15, 0.2) is 5.58 Å². The third kappa shape index (κ3) is 3.86. The van der Waals surface area contributed by atoms with E-state index in [1.807, 2.05) is 5.38 Å². The van der Waals surface area contributed by atoms with Crippen molar-refractivity contribution in [2.24, 2.45) is 5.41 Å². The number of aromatic nitrogens is 2. The zero-order valence-corrected chi connectivity index (χ0v) is 21.8. The molecule has 3 saturated heterocycles. The number of carbonyl (C=O) groups is 1. The Balaban J connectivity index is 1.39. The molecule has 5 heterocycles. The molecule has 3 aliphatic heterocycles. The zero-order valence-electron chi connectivity index (χ0n) is 21.0. The molecule has 0 saturated carbocycles. The van der Waals surface area contributed by atoms with E-state index < -0.39 is 11.6 Å². The number of amides is 1. The van der Waals surface area contributed by atoms with Crippen molar-refractivity contribution >= 4 is 34.5 Å². The number of quaternary nitrogens is 1. The standard InChI is InChI=1S/C26H33N5O4S/c1-25(2,3)26-5-4-17(31(26)24(32)33)14-30(15-26)23-29-20-12-16(10-18-13-27-6-8-34-18)11-19(21(20)35-23)22-28-7-9-36-22/h7,9,11-12,17-18,27H,4-6,8,10,13-15H2,1-3H3,(H,32,33). The topological polar surface area (TPSA) is 111 Å². The van der Waals surface area contributed by atoms with Gasteiger partial charge in [-0.3, -0.25) is 0 Å². The SMILES string of the molecule is CC(C)(C)C12CCC(CN(c3nc4cc(CC5C[NH2+]CCO5)cc(-c5nccs5)c4o3)C1)N2C(=O)[O-]. The highest BCUT2D eigenvalue weighted by atomic mass is 32.1. The van der Waals surface area contributed by atoms with Gasteiger partial charge in [0.25, 0.3) is 6.01 Å². The van der Waals surface area contributed by atoms with Crippen LogP contribution in [-0.2, 0) is 11.2 Å². The number of carboxylic acid groups (broad SMARTS) is 1. The van der Waals surface area contributed by atoms with Gasteiger partial charge >= 0.3 is 0 Å². The molecule has 2 N–H and O–H groups in total. The van der Waals surface area contributed by atoms with Crippen molar-refractivity contribution < 1.29 is 24.4 Å². The highest BCUT2D eigenvalue weighted by Gasteiger charge is 2.57. The minimum absolute atomic E-state index is 0.133. The summed E-state index contributed by atoms with van der Waals surface area (Å²) in [5.74, 6) is 0. The molecule has 3 fully saturated rings. The lowest BCUT2D eigenvalue weighted by Gasteiger charge is -2.56. The second-order valence-corrected chi connectivity index (χ2v) is 12.2. The van der Waals surface area contributed by atoms with Crippen LogP contribution in [0.5, 0.6) is 0 Å². The first kappa shape index (κ1) is 23.7. The van der Waals surface area contributed by atoms with E-state index in [9.17, 15) is 9.90 Å². The Labute approximate surface area is 214 Å². The maximum absolute atomic E-state index is 12.2. The molecule has 3 unspecified atom stereocenters. The number of carbonyl (C=O) groups excluding carboxylic acids is 1. The molecule has 0 spiro atoms. The lowest BCUT2D eigenvalue weighted by Crippen LogP contribution is -2.89. The second kappa shape index (κ2) is 8.71. The summed E-state index contributed by atoms with van der Waals surface area (Å²) in [5, 5.41) is 17.3. The smallest absolute Gasteiger partial charge is 0.298 e. The Morgan fingerprint density at radius 1 is 1.36 bits per heavy atom. The number of benzene rings is 1. The Kier molecular flexibility index (Phi) is 5.73. The van der Waals surface area contributed by atoms with E-state index >= 15 is 0 Å². The molecule has 192 valence electrons. The highest BCUT2D eigenvalue weighted by Crippen LogP contribution is 2.50. The van der Waals surface area contributed by atoms with Crippen molar-refractivity contribution in [1.29, 1.82) is 0 Å². The summed E-state index contributed by atoms with van der Waals surface area (Å²) < 4.78 is 12.4. The molecule has 3 aromatic rings. The molecule has 36 heavy (non-hydrogen) atoms. The third-order valence-electron chi connectivity index (χ3n) is 8.23. The number of hydrogen-bond donors (Lipinski definition) is 1. The molecular weight excluding hydrogens is 478 g/mol. The van der Waals surface area contributed by atoms with Crippen molar-refractivity contribution in [1.82, 2.24) is 14.9 Å². The number of hydrogen-bond acceptors (Lipinski definition) is 8. The van der Waals surface area contributed by atoms with Crippen molar-refractivity contribution in [3.63, 3.8) is 0 Å². The number of nitrogens with zero attached hydrogens (tertiary/aromatic N) is 4. The number of rotatable bonds is 4. The molecule has 3 aliphatic rings. The summed E-state index contributed by atoms with van der Waals surface area (Å²) in [6, 6.07) is 4.67. The quantitative estimate of drug-likeness (QED) is 0.569. The summed E-state index contributed by atoms with van der Waals surface area (Å²) in [6.07, 6.45) is 3.33. The average Bonchev–Trinajstić information content (AvgIpc) is 3.56. The average molecular weight is 512 g/mol. The van der Waals surface area contributed by atoms with Crippen molar-refractivity contribution in [2.45, 2.75) is 57.7 Å². The fraction of sp³-hybridized carbons (Fsp3) is 0.577. The normalized spacial score (nSPS) is 26.6. The van der Waals surface area contributed by atoms with E-state index in [1.54, 1.807) is 22.4 Å². The number of thiazole rings is 1. The van der Waals surface area contributed by atoms with Crippen LogP contribution < -0.4 is 15.3 Å². The molecular formula is C26H33N5O4S. The maximum Gasteiger partial charge on any atom is 0.298 e. The number of anilines is 1. The molecule has 1 aromatic carbocycles. The Hall–Kier alpha value is -2.69. The zero-order chi connectivity index (χ0) is 25.1. The number of ether oxygens (including phenoxy) is 1. The highest BCUT2D eigenvalue weighted by molar-refractivity contribution is 7.13. The van der Waals surface area contributed by atoms with Gasteiger partial charge in [0.2, 0.25) is 0 Å². The van der Waals surface area contributed by atoms with Gasteiger partial charge in [-0.05, 0) is 36.0 Å². The fourth-order valence-electron chi connectivity index (χ4n) is 6.35. The number of nitrogens with two attached hydrogens (primary N) is 1. The monoisotopic (exact) mass is 511 g/mol. The molecule has 0 radical (unpaired) electrons. The van der Waals surface area contributed by atoms with Gasteiger partial charge in [0.1, 0.15) is 29.3 Å². The van der Waals surface area contributed by atoms with Crippen molar-refractivity contribution in [3.8, 4) is 10.6 Å². The van der Waals surface area contributed by atoms with Crippen LogP contribution >= 0.6 is 11.3 Å². The second-order valence-electron chi connectivity index (χ2n) is 11.3. The molecule has 1 amide bonds. The van der Waals surface area contributed by atoms with Crippen LogP contribution in [0.2, 0.25) is 0 Å². The predicted molar refractivity (Wildman–Crippen MR) is 135 cm³/mol. The van der Waals surface area contributed by atoms with E-state index in [2.05, 4.69) is 48.1 Å². The predicted octanol–water partition coefficient (Wildman–Crippen LogP) is 1.87. The molecule has 10 heteroatoms. The minimum atomic E-state index is -1.08. The summed E-state index contributed by atoms with van der Waals surface area (Å²) in [4.78, 5) is 25.4. The van der Waals surface area contributed by atoms with Gasteiger partial charge in [0, 0.05) is 37.1 Å². The molecule has 6 rings (SSSR count). The van der Waals surface area contributed by atoms with Crippen LogP contribution in [0.15, 0.2) is 28.1 Å². The van der Waals surface area contributed by atoms with E-state index in [4.69, 9.17) is 14.1 Å². The van der Waals surface area contributed by atoms with E-state index in [-0.39, 0.29) is 17.6 Å². The minimum Gasteiger partial charge on any atom is -0.530 e. The number of piperazine rings is 1. The number of oxazole rings is 1. The molecule has 3 atom stereocenters. The first-order valence-corrected chi connectivity index (χ1v) is 13.6. The molecule has 2 aromatic heterocycles. The summed E-state index contributed by atoms with van der Waals surface area (Å²) in [5.41, 5.74) is 2.81. The maximum atomic E-state index is 12.2. The van der Waals surface area contributed by atoms with E-state index in [0.717, 1.165) is 66.2 Å². The van der Waals surface area contributed by atoms with Crippen LogP contribution in [0, 0.1) is 5.41 Å². The van der Waals surface area contributed by atoms with Crippen LogP contribution in [-0.4, -0.2) is 71.4 Å². The number of fused-ring (bicyclic) bond motifs is 3.